The highest BCUT2D eigenvalue weighted by molar-refractivity contribution is 7.89. The first-order valence-electron chi connectivity index (χ1n) is 9.48. The minimum atomic E-state index is -3.78. The van der Waals surface area contributed by atoms with Crippen molar-refractivity contribution in [2.75, 3.05) is 26.5 Å². The number of carbonyl (C=O) groups is 1. The molecule has 3 atom stereocenters. The minimum Gasteiger partial charge on any atom is -0.492 e. The van der Waals surface area contributed by atoms with E-state index in [-0.39, 0.29) is 16.3 Å². The summed E-state index contributed by atoms with van der Waals surface area (Å²) in [5.74, 6) is -0.491. The fourth-order valence-corrected chi connectivity index (χ4v) is 5.55. The monoisotopic (exact) mass is 431 g/mol. The molecular formula is C20H27ClFNO4S. The molecule has 0 saturated heterocycles. The van der Waals surface area contributed by atoms with Gasteiger partial charge in [-0.15, -0.1) is 0 Å². The van der Waals surface area contributed by atoms with Crippen LogP contribution in [0.1, 0.15) is 43.5 Å². The lowest BCUT2D eigenvalue weighted by Crippen LogP contribution is -2.53. The van der Waals surface area contributed by atoms with Gasteiger partial charge in [0.1, 0.15) is 17.3 Å². The molecule has 3 saturated carbocycles. The third kappa shape index (κ3) is 3.94. The number of benzene rings is 1. The largest absolute Gasteiger partial charge is 0.492 e. The number of rotatable bonds is 7. The first kappa shape index (κ1) is 21.5. The summed E-state index contributed by atoms with van der Waals surface area (Å²) >= 11 is 6.20. The van der Waals surface area contributed by atoms with Crippen molar-refractivity contribution in [3.63, 3.8) is 0 Å². The zero-order valence-corrected chi connectivity index (χ0v) is 18.2. The van der Waals surface area contributed by atoms with Crippen LogP contribution >= 0.6 is 11.6 Å². The van der Waals surface area contributed by atoms with Crippen molar-refractivity contribution in [3.05, 3.63) is 28.5 Å². The SMILES string of the molecule is CN(C)S(=O)(=O)CC(=O)c1cc(Cl)c(OC[C@H]2CC[C@H]3C[C@@H]2C3(C)C)cc1F. The van der Waals surface area contributed by atoms with Crippen molar-refractivity contribution >= 4 is 27.4 Å². The van der Waals surface area contributed by atoms with Gasteiger partial charge in [-0.1, -0.05) is 25.4 Å². The lowest BCUT2D eigenvalue weighted by molar-refractivity contribution is -0.114. The Morgan fingerprint density at radius 3 is 2.57 bits per heavy atom. The molecule has 0 N–H and O–H groups in total. The Morgan fingerprint density at radius 2 is 2.00 bits per heavy atom. The average molecular weight is 432 g/mol. The molecule has 3 aliphatic carbocycles. The van der Waals surface area contributed by atoms with E-state index in [0.29, 0.717) is 23.9 Å². The smallest absolute Gasteiger partial charge is 0.221 e. The topological polar surface area (TPSA) is 63.7 Å². The molecule has 8 heteroatoms. The first-order chi connectivity index (χ1) is 12.9. The van der Waals surface area contributed by atoms with Crippen molar-refractivity contribution in [1.82, 2.24) is 4.31 Å². The van der Waals surface area contributed by atoms with E-state index >= 15 is 0 Å². The number of ether oxygens (including phenoxy) is 1. The van der Waals surface area contributed by atoms with Crippen molar-refractivity contribution in [2.24, 2.45) is 23.2 Å². The number of nitrogens with zero attached hydrogens (tertiary/aromatic N) is 1. The summed E-state index contributed by atoms with van der Waals surface area (Å²) < 4.78 is 44.9. The van der Waals surface area contributed by atoms with Crippen LogP contribution in [0.25, 0.3) is 0 Å². The van der Waals surface area contributed by atoms with E-state index in [1.165, 1.54) is 26.9 Å². The van der Waals surface area contributed by atoms with Crippen LogP contribution < -0.4 is 4.74 Å². The van der Waals surface area contributed by atoms with Gasteiger partial charge >= 0.3 is 0 Å². The zero-order valence-electron chi connectivity index (χ0n) is 16.7. The molecule has 4 rings (SSSR count). The van der Waals surface area contributed by atoms with Crippen LogP contribution in [0.4, 0.5) is 4.39 Å². The van der Waals surface area contributed by atoms with Crippen LogP contribution in [-0.4, -0.2) is 45.0 Å². The summed E-state index contributed by atoms with van der Waals surface area (Å²) in [5.41, 5.74) is -0.0152. The molecule has 28 heavy (non-hydrogen) atoms. The lowest BCUT2D eigenvalue weighted by atomic mass is 9.46. The number of halogens is 2. The second-order valence-corrected chi connectivity index (χ2v) is 11.3. The van der Waals surface area contributed by atoms with Crippen LogP contribution in [0.5, 0.6) is 5.75 Å². The van der Waals surface area contributed by atoms with E-state index in [0.717, 1.165) is 28.8 Å². The maximum atomic E-state index is 14.5. The summed E-state index contributed by atoms with van der Waals surface area (Å²) in [5, 5.41) is 0.105. The Kier molecular flexibility index (Phi) is 5.82. The Labute approximate surface area is 171 Å². The number of ketones is 1. The molecule has 0 heterocycles. The molecule has 3 fully saturated rings. The van der Waals surface area contributed by atoms with Crippen molar-refractivity contribution in [2.45, 2.75) is 33.1 Å². The molecule has 1 aromatic rings. The molecular weight excluding hydrogens is 405 g/mol. The van der Waals surface area contributed by atoms with Crippen molar-refractivity contribution < 1.29 is 22.3 Å². The third-order valence-electron chi connectivity index (χ3n) is 6.65. The van der Waals surface area contributed by atoms with Gasteiger partial charge in [-0.3, -0.25) is 4.79 Å². The van der Waals surface area contributed by atoms with Gasteiger partial charge in [0.15, 0.2) is 5.78 Å². The van der Waals surface area contributed by atoms with E-state index < -0.39 is 27.4 Å². The summed E-state index contributed by atoms with van der Waals surface area (Å²) in [7, 11) is -1.14. The molecule has 156 valence electrons. The Hall–Kier alpha value is -1.18. The van der Waals surface area contributed by atoms with Crippen LogP contribution in [-0.2, 0) is 10.0 Å². The molecule has 0 radical (unpaired) electrons. The first-order valence-corrected chi connectivity index (χ1v) is 11.5. The Morgan fingerprint density at radius 1 is 1.32 bits per heavy atom. The van der Waals surface area contributed by atoms with E-state index in [1.807, 2.05) is 0 Å². The van der Waals surface area contributed by atoms with Crippen molar-refractivity contribution in [1.29, 1.82) is 0 Å². The van der Waals surface area contributed by atoms with E-state index in [4.69, 9.17) is 16.3 Å². The van der Waals surface area contributed by atoms with Crippen molar-refractivity contribution in [3.8, 4) is 5.75 Å². The average Bonchev–Trinajstić information content (AvgIpc) is 2.61. The zero-order chi connectivity index (χ0) is 20.9. The molecule has 0 spiro atoms. The lowest BCUT2D eigenvalue weighted by Gasteiger charge is -2.60. The van der Waals surface area contributed by atoms with Gasteiger partial charge in [0.05, 0.1) is 17.2 Å². The van der Waals surface area contributed by atoms with Gasteiger partial charge in [-0.2, -0.15) is 0 Å². The summed E-state index contributed by atoms with van der Waals surface area (Å²) in [4.78, 5) is 12.2. The summed E-state index contributed by atoms with van der Waals surface area (Å²) in [6, 6.07) is 2.24. The fraction of sp³-hybridized carbons (Fsp3) is 0.650. The van der Waals surface area contributed by atoms with Gasteiger partial charge in [0.25, 0.3) is 0 Å². The number of Topliss-reactive ketones (excluding diaryl/α,β-unsaturated/α-hetero) is 1. The van der Waals surface area contributed by atoms with Crippen LogP contribution in [0.3, 0.4) is 0 Å². The molecule has 0 aromatic heterocycles. The highest BCUT2D eigenvalue weighted by Crippen LogP contribution is 2.61. The third-order valence-corrected chi connectivity index (χ3v) is 8.68. The van der Waals surface area contributed by atoms with E-state index in [1.54, 1.807) is 0 Å². The molecule has 0 amide bonds. The molecule has 1 aromatic carbocycles. The van der Waals surface area contributed by atoms with Gasteiger partial charge in [-0.05, 0) is 48.5 Å². The van der Waals surface area contributed by atoms with Crippen LogP contribution in [0.15, 0.2) is 12.1 Å². The predicted molar refractivity (Wildman–Crippen MR) is 107 cm³/mol. The maximum absolute atomic E-state index is 14.5. The number of hydrogen-bond donors (Lipinski definition) is 0. The number of carbonyl (C=O) groups excluding carboxylic acids is 1. The van der Waals surface area contributed by atoms with Gasteiger partial charge < -0.3 is 4.74 Å². The fourth-order valence-electron chi connectivity index (χ4n) is 4.58. The standard InChI is InChI=1S/C20H27ClFNO4S/c1-20(2)13-6-5-12(15(20)7-13)10-27-19-9-17(22)14(8-16(19)21)18(24)11-28(25,26)23(3)4/h8-9,12-13,15H,5-7,10-11H2,1-4H3/t12-,13+,15+/m1/s1. The maximum Gasteiger partial charge on any atom is 0.221 e. The number of fused-ring (bicyclic) bond motifs is 2. The molecule has 2 bridgehead atoms. The predicted octanol–water partition coefficient (Wildman–Crippen LogP) is 4.00. The number of sulfonamides is 1. The second-order valence-electron chi connectivity index (χ2n) is 8.73. The van der Waals surface area contributed by atoms with Gasteiger partial charge in [0.2, 0.25) is 10.0 Å². The van der Waals surface area contributed by atoms with E-state index in [9.17, 15) is 17.6 Å². The van der Waals surface area contributed by atoms with Crippen LogP contribution in [0, 0.1) is 29.0 Å². The number of hydrogen-bond acceptors (Lipinski definition) is 4. The van der Waals surface area contributed by atoms with E-state index in [2.05, 4.69) is 13.8 Å². The quantitative estimate of drug-likeness (QED) is 0.612. The normalized spacial score (nSPS) is 26.0. The molecule has 0 aliphatic heterocycles. The molecule has 3 aliphatic rings. The Balaban J connectivity index is 1.69. The molecule has 0 unspecified atom stereocenters. The Bertz CT molecular complexity index is 882. The van der Waals surface area contributed by atoms with Gasteiger partial charge in [0, 0.05) is 20.2 Å². The summed E-state index contributed by atoms with van der Waals surface area (Å²) in [6.07, 6.45) is 3.50. The molecule has 5 nitrogen and oxygen atoms in total. The van der Waals surface area contributed by atoms with Gasteiger partial charge in [-0.25, -0.2) is 17.1 Å². The highest BCUT2D eigenvalue weighted by Gasteiger charge is 2.54. The van der Waals surface area contributed by atoms with Crippen LogP contribution in [0.2, 0.25) is 5.02 Å². The highest BCUT2D eigenvalue weighted by atomic mass is 35.5. The summed E-state index contributed by atoms with van der Waals surface area (Å²) in [6.45, 7) is 5.06. The minimum absolute atomic E-state index is 0.105. The second kappa shape index (κ2) is 7.58.